The Balaban J connectivity index is 0.000000117. The Labute approximate surface area is 938 Å². The van der Waals surface area contributed by atoms with Gasteiger partial charge in [0, 0.05) is 95.4 Å². The van der Waals surface area contributed by atoms with E-state index in [0.717, 1.165) is 41.6 Å². The normalized spacial score (nSPS) is 15.0. The van der Waals surface area contributed by atoms with Crippen molar-refractivity contribution in [2.75, 3.05) is 14.8 Å². The highest BCUT2D eigenvalue weighted by molar-refractivity contribution is 14.1. The molecule has 9 heterocycles. The number of hydrogen-bond acceptors (Lipinski definition) is 7. The summed E-state index contributed by atoms with van der Waals surface area (Å²) in [5, 5.41) is 22.6. The van der Waals surface area contributed by atoms with Gasteiger partial charge in [0.25, 0.3) is 0 Å². The summed E-state index contributed by atoms with van der Waals surface area (Å²) in [5.74, 6) is 1.79. The summed E-state index contributed by atoms with van der Waals surface area (Å²) in [5.41, 5.74) is 18.1. The molecule has 0 saturated carbocycles. The van der Waals surface area contributed by atoms with Crippen LogP contribution in [0.25, 0.3) is 186 Å². The quantitative estimate of drug-likeness (QED) is 0.101. The van der Waals surface area contributed by atoms with E-state index in [-0.39, 0.29) is 48.2 Å². The molecule has 12 nitrogen and oxygen atoms in total. The summed E-state index contributed by atoms with van der Waals surface area (Å²) in [6.07, 6.45) is 0. The van der Waals surface area contributed by atoms with Gasteiger partial charge in [0.1, 0.15) is 0 Å². The largest absolute Gasteiger partial charge is 0.494 e. The fraction of sp³-hybridized carbons (Fsp3) is 0.172. The van der Waals surface area contributed by atoms with E-state index in [1.807, 2.05) is 82.3 Å². The van der Waals surface area contributed by atoms with E-state index in [2.05, 4.69) is 555 Å². The Morgan fingerprint density at radius 1 is 0.235 bits per heavy atom. The molecule has 149 heavy (non-hydrogen) atoms. The van der Waals surface area contributed by atoms with Gasteiger partial charge in [-0.15, -0.1) is 0 Å². The average molecular weight is 2490 g/mol. The molecule has 5 aromatic heterocycles. The molecule has 0 radical (unpaired) electrons. The number of fused-ring (bicyclic) bond motifs is 21. The standard InChI is InChI=1S/C40H24N2O.C28H26BNO2.C22H14BrN.C12H24B2O4.C12H9N.C10H6Br2.3CH3I.CH4/c1-3-11-34-30(8-1)31-9-2-4-12-35(31)41(34)29-20-18-26-22-25(16-17-27(26)23-29)28-19-21-32-33-10-7-15-39-40(33)42(37(32)24-28)36-13-5-6-14-38(36)43-39;1-27(2)28(3,4)32-29(31-27)21-15-13-20-18-22(16-14-19(20)17-21)30-25-11-7-5-9-23(25)24-10-6-8-12-26(24)30;23-17-11-9-16-14-18(12-10-15(16)13-17)24-21-7-3-1-5-19(21)20-6-2-4-8-22(20)24;1-9(2)10(3,4)16-13(15-9)14-17-11(5,6)12(7,8)18-14;1-3-7-11-9(5-1)10-6-2-4-8-12(10)13-11;11-9-3-1-7-5-10(12)4-2-8(7)6-9;3*1-2;/h1-24H;5-18H,1-4H3;1-14H;1-8H3;1-8,13H;1-6H;3*1H3;1H4. The number of rotatable bonds is 6. The summed E-state index contributed by atoms with van der Waals surface area (Å²) in [4.78, 5) is 9.29. The second-order valence-electron chi connectivity index (χ2n) is 40.3. The first kappa shape index (κ1) is 106. The monoisotopic (exact) mass is 2490 g/mol. The number of halogens is 6. The zero-order chi connectivity index (χ0) is 103. The molecule has 24 aromatic rings. The summed E-state index contributed by atoms with van der Waals surface area (Å²) in [6, 6.07) is 142. The van der Waals surface area contributed by atoms with Crippen LogP contribution in [0, 0.1) is 0 Å². The molecule has 1 N–H and O–H groups in total. The molecule has 0 spiro atoms. The molecule has 0 aliphatic carbocycles. The predicted octanol–water partition coefficient (Wildman–Crippen LogP) is 37.5. The molecule has 0 atom stereocenters. The van der Waals surface area contributed by atoms with Crippen LogP contribution in [0.1, 0.15) is 90.5 Å². The molecule has 19 aromatic carbocycles. The van der Waals surface area contributed by atoms with Crippen LogP contribution in [0.15, 0.2) is 414 Å². The molecule has 0 amide bonds. The summed E-state index contributed by atoms with van der Waals surface area (Å²) >= 11 is 16.9. The van der Waals surface area contributed by atoms with E-state index in [1.54, 1.807) is 0 Å². The molecule has 21 heteroatoms. The molecule has 4 aliphatic rings. The molecule has 746 valence electrons. The third-order valence-corrected chi connectivity index (χ3v) is 31.3. The maximum absolute atomic E-state index is 6.30. The van der Waals surface area contributed by atoms with Gasteiger partial charge >= 0.3 is 21.1 Å². The summed E-state index contributed by atoms with van der Waals surface area (Å²) in [7, 11) is -1.30. The highest BCUT2D eigenvalue weighted by atomic mass is 127. The van der Waals surface area contributed by atoms with Crippen molar-refractivity contribution in [2.45, 2.75) is 124 Å². The van der Waals surface area contributed by atoms with Crippen LogP contribution >= 0.6 is 116 Å². The average Bonchev–Trinajstić information content (AvgIpc) is 1.55. The van der Waals surface area contributed by atoms with Crippen molar-refractivity contribution in [3.05, 3.63) is 414 Å². The maximum Gasteiger partial charge on any atom is 0.494 e. The van der Waals surface area contributed by atoms with Gasteiger partial charge in [-0.1, -0.05) is 372 Å². The molecule has 3 saturated heterocycles. The molecular weight excluding hydrogens is 2370 g/mol. The van der Waals surface area contributed by atoms with Gasteiger partial charge in [-0.05, 0) is 309 Å². The van der Waals surface area contributed by atoms with E-state index in [0.29, 0.717) is 0 Å². The summed E-state index contributed by atoms with van der Waals surface area (Å²) < 4.78 is 55.5. The number of aromatic amines is 1. The van der Waals surface area contributed by atoms with Crippen molar-refractivity contribution >= 4 is 294 Å². The van der Waals surface area contributed by atoms with Gasteiger partial charge < -0.3 is 55.9 Å². The number of ether oxygens (including phenoxy) is 1. The minimum atomic E-state index is -0.476. The van der Waals surface area contributed by atoms with E-state index >= 15 is 0 Å². The number of hydrogen-bond donors (Lipinski definition) is 1. The summed E-state index contributed by atoms with van der Waals surface area (Å²) in [6.45, 7) is 24.6. The zero-order valence-corrected chi connectivity index (χ0v) is 96.5. The van der Waals surface area contributed by atoms with Crippen LogP contribution in [0.3, 0.4) is 0 Å². The number of para-hydroxylation sites is 11. The Morgan fingerprint density at radius 2 is 0.517 bits per heavy atom. The van der Waals surface area contributed by atoms with Crippen molar-refractivity contribution in [3.8, 4) is 45.4 Å². The van der Waals surface area contributed by atoms with Crippen molar-refractivity contribution in [1.82, 2.24) is 23.3 Å². The van der Waals surface area contributed by atoms with Gasteiger partial charge in [0.2, 0.25) is 0 Å². The smallest absolute Gasteiger partial charge is 0.453 e. The van der Waals surface area contributed by atoms with E-state index < -0.39 is 14.0 Å². The second-order valence-corrected chi connectivity index (χ2v) is 43.0. The van der Waals surface area contributed by atoms with Crippen LogP contribution in [0.5, 0.6) is 11.5 Å². The van der Waals surface area contributed by atoms with Crippen molar-refractivity contribution in [2.24, 2.45) is 0 Å². The van der Waals surface area contributed by atoms with Crippen LogP contribution < -0.4 is 10.2 Å². The first-order valence-corrected chi connectivity index (χ1v) is 58.5. The number of H-pyrrole nitrogens is 1. The van der Waals surface area contributed by atoms with E-state index in [9.17, 15) is 0 Å². The Morgan fingerprint density at radius 3 is 0.913 bits per heavy atom. The SMILES string of the molecule is Brc1ccc2cc(-n3c4ccccc4c4ccccc43)ccc2c1.Brc1ccc2cc(Br)ccc2c1.C.CC1(C)OB(B2OC(C)(C)C(C)(C)O2)OC1(C)C.CC1(C)OB(c2ccc3cc(-n4c5ccccc5c5ccccc54)ccc3c2)OC1(C)C.CI.CI.CI.c1ccc2c(c1)Oc1cccc3c4ccc(-c5ccc6cc(-n7c8ccccc8c8ccccc87)ccc6c5)cc4n-2c13.c1ccc2c(c1)[nH]c1ccccc12. The van der Waals surface area contributed by atoms with Crippen molar-refractivity contribution < 1.29 is 32.7 Å². The lowest BCUT2D eigenvalue weighted by Crippen LogP contribution is -2.41. The highest BCUT2D eigenvalue weighted by Gasteiger charge is 2.64. The number of nitrogens with one attached hydrogen (secondary N) is 1. The minimum Gasteiger partial charge on any atom is -0.453 e. The molecular formula is C128H116B3Br3I3N5O7. The van der Waals surface area contributed by atoms with Crippen LogP contribution in [-0.2, 0) is 27.9 Å². The van der Waals surface area contributed by atoms with E-state index in [1.165, 1.54) is 175 Å². The molecule has 3 fully saturated rings. The Kier molecular flexibility index (Phi) is 31.1. The second kappa shape index (κ2) is 43.8. The van der Waals surface area contributed by atoms with E-state index in [4.69, 9.17) is 32.7 Å². The topological polar surface area (TPSA) is 100 Å². The van der Waals surface area contributed by atoms with Crippen LogP contribution in [0.2, 0.25) is 0 Å². The lowest BCUT2D eigenvalue weighted by atomic mass is 9.49. The Bertz CT molecular complexity index is 8810. The van der Waals surface area contributed by atoms with Crippen LogP contribution in [0.4, 0.5) is 0 Å². The predicted molar refractivity (Wildman–Crippen MR) is 672 cm³/mol. The van der Waals surface area contributed by atoms with Crippen molar-refractivity contribution in [3.63, 3.8) is 0 Å². The maximum atomic E-state index is 6.30. The highest BCUT2D eigenvalue weighted by Crippen LogP contribution is 2.49. The fourth-order valence-electron chi connectivity index (χ4n) is 20.4. The van der Waals surface area contributed by atoms with Crippen molar-refractivity contribution in [1.29, 1.82) is 0 Å². The third kappa shape index (κ3) is 20.5. The molecule has 28 rings (SSSR count). The fourth-order valence-corrected chi connectivity index (χ4v) is 21.5. The number of nitrogens with zero attached hydrogens (tertiary/aromatic N) is 4. The van der Waals surface area contributed by atoms with Gasteiger partial charge in [-0.2, -0.15) is 0 Å². The first-order chi connectivity index (χ1) is 71.5. The third-order valence-electron chi connectivity index (χ3n) is 29.9. The van der Waals surface area contributed by atoms with Gasteiger partial charge in [-0.3, -0.25) is 0 Å². The zero-order valence-electron chi connectivity index (χ0n) is 85.3. The number of aromatic nitrogens is 5. The lowest BCUT2D eigenvalue weighted by Gasteiger charge is -2.32. The van der Waals surface area contributed by atoms with Gasteiger partial charge in [0.05, 0.1) is 83.4 Å². The number of benzene rings is 19. The number of alkyl halides is 3. The van der Waals surface area contributed by atoms with Gasteiger partial charge in [-0.25, -0.2) is 0 Å². The van der Waals surface area contributed by atoms with Crippen LogP contribution in [-0.4, -0.2) is 92.8 Å². The minimum absolute atomic E-state index is 0. The Hall–Kier alpha value is -11.4. The first-order valence-electron chi connectivity index (χ1n) is 49.6. The molecule has 0 bridgehead atoms. The molecule has 4 aliphatic heterocycles. The molecule has 0 unspecified atom stereocenters. The van der Waals surface area contributed by atoms with Gasteiger partial charge in [0.15, 0.2) is 11.5 Å². The lowest BCUT2D eigenvalue weighted by molar-refractivity contribution is 0.00578.